The molecule has 0 rings (SSSR count). The number of ether oxygens (including phenoxy) is 2. The van der Waals surface area contributed by atoms with Crippen LogP contribution in [0.5, 0.6) is 0 Å². The summed E-state index contributed by atoms with van der Waals surface area (Å²) < 4.78 is 11.2. The first kappa shape index (κ1) is 20.1. The van der Waals surface area contributed by atoms with Gasteiger partial charge in [-0.05, 0) is 47.5 Å². The molecule has 124 valence electrons. The number of hydrogen-bond acceptors (Lipinski definition) is 4. The monoisotopic (exact) mass is 301 g/mol. The van der Waals surface area contributed by atoms with Crippen LogP contribution in [-0.2, 0) is 19.1 Å². The highest BCUT2D eigenvalue weighted by molar-refractivity contribution is 5.83. The molecule has 0 unspecified atom stereocenters. The maximum absolute atomic E-state index is 11.5. The first-order valence-corrected chi connectivity index (χ1v) is 7.53. The normalized spacial score (nSPS) is 12.3. The van der Waals surface area contributed by atoms with E-state index in [0.717, 1.165) is 12.8 Å². The third-order valence-corrected chi connectivity index (χ3v) is 3.50. The molecule has 5 heteroatoms. The SMILES string of the molecule is COC(C)(C)CCOC(C)(C)CCNC(=O)CCC(C)=O. The van der Waals surface area contributed by atoms with Crippen LogP contribution in [0.4, 0.5) is 0 Å². The fourth-order valence-electron chi connectivity index (χ4n) is 1.63. The summed E-state index contributed by atoms with van der Waals surface area (Å²) in [6, 6.07) is 0. The van der Waals surface area contributed by atoms with Gasteiger partial charge < -0.3 is 19.6 Å². The molecular formula is C16H31NO4. The summed E-state index contributed by atoms with van der Waals surface area (Å²) in [6.07, 6.45) is 2.11. The van der Waals surface area contributed by atoms with E-state index in [9.17, 15) is 9.59 Å². The van der Waals surface area contributed by atoms with Crippen molar-refractivity contribution in [1.29, 1.82) is 0 Å². The topological polar surface area (TPSA) is 64.6 Å². The van der Waals surface area contributed by atoms with Gasteiger partial charge in [0.25, 0.3) is 0 Å². The summed E-state index contributed by atoms with van der Waals surface area (Å²) in [5, 5.41) is 2.82. The number of ketones is 1. The lowest BCUT2D eigenvalue weighted by molar-refractivity contribution is -0.124. The van der Waals surface area contributed by atoms with Crippen molar-refractivity contribution < 1.29 is 19.1 Å². The zero-order chi connectivity index (χ0) is 16.5. The number of methoxy groups -OCH3 is 1. The summed E-state index contributed by atoms with van der Waals surface area (Å²) in [4.78, 5) is 22.3. The van der Waals surface area contributed by atoms with Gasteiger partial charge in [-0.3, -0.25) is 4.79 Å². The van der Waals surface area contributed by atoms with Gasteiger partial charge in [0.2, 0.25) is 5.91 Å². The van der Waals surface area contributed by atoms with E-state index in [-0.39, 0.29) is 29.3 Å². The Morgan fingerprint density at radius 3 is 2.14 bits per heavy atom. The van der Waals surface area contributed by atoms with Crippen molar-refractivity contribution in [2.75, 3.05) is 20.3 Å². The molecule has 1 N–H and O–H groups in total. The fourth-order valence-corrected chi connectivity index (χ4v) is 1.63. The van der Waals surface area contributed by atoms with E-state index in [4.69, 9.17) is 9.47 Å². The van der Waals surface area contributed by atoms with Crippen LogP contribution in [0.2, 0.25) is 0 Å². The van der Waals surface area contributed by atoms with Gasteiger partial charge in [-0.2, -0.15) is 0 Å². The first-order valence-electron chi connectivity index (χ1n) is 7.53. The Balaban J connectivity index is 3.87. The van der Waals surface area contributed by atoms with Gasteiger partial charge in [-0.25, -0.2) is 0 Å². The molecule has 0 aliphatic rings. The Hall–Kier alpha value is -0.940. The van der Waals surface area contributed by atoms with Crippen LogP contribution in [0.25, 0.3) is 0 Å². The number of Topliss-reactive ketones (excluding diaryl/α,β-unsaturated/α-hetero) is 1. The Labute approximate surface area is 128 Å². The van der Waals surface area contributed by atoms with E-state index in [2.05, 4.69) is 5.32 Å². The zero-order valence-corrected chi connectivity index (χ0v) is 14.4. The number of rotatable bonds is 11. The Morgan fingerprint density at radius 1 is 1.00 bits per heavy atom. The van der Waals surface area contributed by atoms with Crippen LogP contribution in [0.3, 0.4) is 0 Å². The van der Waals surface area contributed by atoms with Crippen LogP contribution >= 0.6 is 0 Å². The number of hydrogen-bond donors (Lipinski definition) is 1. The molecule has 0 saturated heterocycles. The zero-order valence-electron chi connectivity index (χ0n) is 14.4. The molecule has 0 atom stereocenters. The predicted octanol–water partition coefficient (Wildman–Crippen LogP) is 2.47. The number of nitrogens with one attached hydrogen (secondary N) is 1. The minimum Gasteiger partial charge on any atom is -0.379 e. The predicted molar refractivity (Wildman–Crippen MR) is 83.3 cm³/mol. The van der Waals surface area contributed by atoms with Crippen LogP contribution < -0.4 is 5.32 Å². The Morgan fingerprint density at radius 2 is 1.62 bits per heavy atom. The van der Waals surface area contributed by atoms with Gasteiger partial charge in [0, 0.05) is 26.5 Å². The number of amides is 1. The third kappa shape index (κ3) is 11.4. The van der Waals surface area contributed by atoms with Gasteiger partial charge >= 0.3 is 0 Å². The standard InChI is InChI=1S/C16H31NO4/c1-13(18)7-8-14(19)17-11-9-16(4,5)21-12-10-15(2,3)20-6/h7-12H2,1-6H3,(H,17,19). The molecule has 0 bridgehead atoms. The second kappa shape index (κ2) is 9.15. The highest BCUT2D eigenvalue weighted by Gasteiger charge is 2.21. The summed E-state index contributed by atoms with van der Waals surface area (Å²) in [6.45, 7) is 10.7. The molecule has 0 fully saturated rings. The molecule has 0 spiro atoms. The van der Waals surface area contributed by atoms with E-state index in [1.807, 2.05) is 27.7 Å². The van der Waals surface area contributed by atoms with Gasteiger partial charge in [0.15, 0.2) is 0 Å². The van der Waals surface area contributed by atoms with Crippen molar-refractivity contribution in [2.24, 2.45) is 0 Å². The van der Waals surface area contributed by atoms with E-state index < -0.39 is 0 Å². The van der Waals surface area contributed by atoms with E-state index >= 15 is 0 Å². The molecule has 0 aromatic carbocycles. The van der Waals surface area contributed by atoms with Crippen LogP contribution in [0, 0.1) is 0 Å². The molecule has 0 aliphatic carbocycles. The fraction of sp³-hybridized carbons (Fsp3) is 0.875. The van der Waals surface area contributed by atoms with Crippen molar-refractivity contribution in [3.8, 4) is 0 Å². The molecule has 21 heavy (non-hydrogen) atoms. The highest BCUT2D eigenvalue weighted by atomic mass is 16.5. The highest BCUT2D eigenvalue weighted by Crippen LogP contribution is 2.18. The largest absolute Gasteiger partial charge is 0.379 e. The lowest BCUT2D eigenvalue weighted by atomic mass is 10.0. The van der Waals surface area contributed by atoms with Crippen molar-refractivity contribution >= 4 is 11.7 Å². The number of carbonyl (C=O) groups excluding carboxylic acids is 2. The maximum atomic E-state index is 11.5. The molecule has 0 aromatic heterocycles. The van der Waals surface area contributed by atoms with Crippen LogP contribution in [0.1, 0.15) is 60.3 Å². The average Bonchev–Trinajstić information content (AvgIpc) is 2.35. The van der Waals surface area contributed by atoms with E-state index in [1.165, 1.54) is 6.92 Å². The second-order valence-electron chi connectivity index (χ2n) is 6.62. The smallest absolute Gasteiger partial charge is 0.220 e. The quantitative estimate of drug-likeness (QED) is 0.637. The van der Waals surface area contributed by atoms with Crippen molar-refractivity contribution in [2.45, 2.75) is 71.5 Å². The van der Waals surface area contributed by atoms with Gasteiger partial charge in [-0.15, -0.1) is 0 Å². The van der Waals surface area contributed by atoms with Gasteiger partial charge in [0.05, 0.1) is 17.8 Å². The summed E-state index contributed by atoms with van der Waals surface area (Å²) in [7, 11) is 1.70. The lowest BCUT2D eigenvalue weighted by Gasteiger charge is -2.29. The minimum atomic E-state index is -0.294. The molecule has 0 heterocycles. The number of carbonyl (C=O) groups is 2. The molecule has 0 radical (unpaired) electrons. The van der Waals surface area contributed by atoms with Crippen molar-refractivity contribution in [3.05, 3.63) is 0 Å². The Bertz CT molecular complexity index is 337. The Kier molecular flexibility index (Phi) is 8.74. The lowest BCUT2D eigenvalue weighted by Crippen LogP contribution is -2.34. The second-order valence-corrected chi connectivity index (χ2v) is 6.62. The molecular weight excluding hydrogens is 270 g/mol. The molecule has 0 aromatic rings. The molecule has 1 amide bonds. The van der Waals surface area contributed by atoms with Crippen molar-refractivity contribution in [1.82, 2.24) is 5.32 Å². The first-order chi connectivity index (χ1) is 9.58. The van der Waals surface area contributed by atoms with Crippen LogP contribution in [0.15, 0.2) is 0 Å². The van der Waals surface area contributed by atoms with E-state index in [0.29, 0.717) is 19.6 Å². The van der Waals surface area contributed by atoms with Gasteiger partial charge in [-0.1, -0.05) is 0 Å². The third-order valence-electron chi connectivity index (χ3n) is 3.50. The average molecular weight is 301 g/mol. The maximum Gasteiger partial charge on any atom is 0.220 e. The molecule has 0 aliphatic heterocycles. The molecule has 5 nitrogen and oxygen atoms in total. The van der Waals surface area contributed by atoms with Crippen LogP contribution in [-0.4, -0.2) is 43.2 Å². The summed E-state index contributed by atoms with van der Waals surface area (Å²) in [5.41, 5.74) is -0.478. The summed E-state index contributed by atoms with van der Waals surface area (Å²) in [5.74, 6) is -0.0453. The van der Waals surface area contributed by atoms with Gasteiger partial charge in [0.1, 0.15) is 5.78 Å². The summed E-state index contributed by atoms with van der Waals surface area (Å²) >= 11 is 0. The minimum absolute atomic E-state index is 0.0366. The van der Waals surface area contributed by atoms with Crippen molar-refractivity contribution in [3.63, 3.8) is 0 Å². The molecule has 0 saturated carbocycles. The van der Waals surface area contributed by atoms with E-state index in [1.54, 1.807) is 7.11 Å².